The minimum Gasteiger partial charge on any atom is -0.318 e. The summed E-state index contributed by atoms with van der Waals surface area (Å²) in [6, 6.07) is 6.86. The van der Waals surface area contributed by atoms with Gasteiger partial charge < -0.3 is 5.32 Å². The summed E-state index contributed by atoms with van der Waals surface area (Å²) in [7, 11) is 0. The first-order valence-electron chi connectivity index (χ1n) is 6.37. The highest BCUT2D eigenvalue weighted by atomic mass is 35.5. The Morgan fingerprint density at radius 1 is 1.27 bits per heavy atom. The van der Waals surface area contributed by atoms with Crippen LogP contribution in [0.2, 0.25) is 10.0 Å². The van der Waals surface area contributed by atoms with Gasteiger partial charge in [0.15, 0.2) is 5.69 Å². The van der Waals surface area contributed by atoms with E-state index in [0.717, 1.165) is 11.4 Å². The Hall–Kier alpha value is -2.31. The largest absolute Gasteiger partial charge is 0.318 e. The van der Waals surface area contributed by atoms with Gasteiger partial charge in [-0.15, -0.1) is 0 Å². The van der Waals surface area contributed by atoms with Crippen molar-refractivity contribution >= 4 is 34.8 Å². The van der Waals surface area contributed by atoms with E-state index in [0.29, 0.717) is 21.4 Å². The summed E-state index contributed by atoms with van der Waals surface area (Å²) in [6.07, 6.45) is 3.10. The van der Waals surface area contributed by atoms with E-state index in [-0.39, 0.29) is 5.91 Å². The van der Waals surface area contributed by atoms with E-state index < -0.39 is 0 Å². The van der Waals surface area contributed by atoms with Gasteiger partial charge in [-0.1, -0.05) is 23.2 Å². The van der Waals surface area contributed by atoms with Crippen LogP contribution in [0.5, 0.6) is 0 Å². The molecule has 0 radical (unpaired) electrons. The van der Waals surface area contributed by atoms with Gasteiger partial charge in [-0.3, -0.25) is 9.89 Å². The summed E-state index contributed by atoms with van der Waals surface area (Å²) in [4.78, 5) is 12.2. The molecule has 0 saturated carbocycles. The zero-order valence-electron chi connectivity index (χ0n) is 11.5. The number of carbonyl (C=O) groups is 1. The fourth-order valence-electron chi connectivity index (χ4n) is 1.98. The first kappa shape index (κ1) is 14.6. The highest BCUT2D eigenvalue weighted by molar-refractivity contribution is 6.42. The molecule has 0 aliphatic rings. The van der Waals surface area contributed by atoms with Crippen LogP contribution < -0.4 is 5.32 Å². The molecule has 3 rings (SSSR count). The number of aromatic amines is 1. The summed E-state index contributed by atoms with van der Waals surface area (Å²) in [5, 5.41) is 14.3. The van der Waals surface area contributed by atoms with E-state index in [2.05, 4.69) is 20.6 Å². The summed E-state index contributed by atoms with van der Waals surface area (Å²) < 4.78 is 1.63. The maximum absolute atomic E-state index is 12.2. The molecule has 0 unspecified atom stereocenters. The predicted octanol–water partition coefficient (Wildman–Crippen LogP) is 3.46. The van der Waals surface area contributed by atoms with Crippen LogP contribution in [0.3, 0.4) is 0 Å². The van der Waals surface area contributed by atoms with Gasteiger partial charge in [-0.2, -0.15) is 10.2 Å². The van der Waals surface area contributed by atoms with Crippen molar-refractivity contribution in [3.63, 3.8) is 0 Å². The monoisotopic (exact) mass is 335 g/mol. The minimum atomic E-state index is -0.316. The Labute approximate surface area is 136 Å². The van der Waals surface area contributed by atoms with Crippen molar-refractivity contribution in [3.8, 4) is 5.69 Å². The van der Waals surface area contributed by atoms with Gasteiger partial charge in [0.05, 0.1) is 27.6 Å². The third-order valence-corrected chi connectivity index (χ3v) is 3.76. The third kappa shape index (κ3) is 2.84. The molecule has 2 aromatic heterocycles. The number of anilines is 1. The lowest BCUT2D eigenvalue weighted by atomic mass is 10.3. The quantitative estimate of drug-likeness (QED) is 0.769. The normalized spacial score (nSPS) is 10.7. The smallest absolute Gasteiger partial charge is 0.276 e. The number of halogens is 2. The van der Waals surface area contributed by atoms with E-state index >= 15 is 0 Å². The molecule has 0 aliphatic carbocycles. The number of H-pyrrole nitrogens is 1. The lowest BCUT2D eigenvalue weighted by molar-refractivity contribution is 0.102. The number of rotatable bonds is 3. The van der Waals surface area contributed by atoms with E-state index in [1.165, 1.54) is 6.20 Å². The van der Waals surface area contributed by atoms with Crippen LogP contribution in [0.1, 0.15) is 16.2 Å². The first-order valence-corrected chi connectivity index (χ1v) is 7.12. The van der Waals surface area contributed by atoms with Gasteiger partial charge in [-0.25, -0.2) is 4.68 Å². The Bertz CT molecular complexity index is 826. The molecule has 0 atom stereocenters. The molecule has 2 N–H and O–H groups in total. The highest BCUT2D eigenvalue weighted by Crippen LogP contribution is 2.25. The van der Waals surface area contributed by atoms with Gasteiger partial charge in [-0.05, 0) is 31.2 Å². The molecule has 112 valence electrons. The molecule has 0 saturated heterocycles. The van der Waals surface area contributed by atoms with Crippen molar-refractivity contribution in [3.05, 3.63) is 58.1 Å². The fourth-order valence-corrected chi connectivity index (χ4v) is 2.27. The molecule has 1 aromatic carbocycles. The Kier molecular flexibility index (Phi) is 3.87. The van der Waals surface area contributed by atoms with Crippen LogP contribution in [0.15, 0.2) is 36.7 Å². The number of amides is 1. The van der Waals surface area contributed by atoms with Crippen molar-refractivity contribution < 1.29 is 4.79 Å². The number of carbonyl (C=O) groups excluding carboxylic acids is 1. The zero-order chi connectivity index (χ0) is 15.7. The second-order valence-electron chi connectivity index (χ2n) is 4.62. The molecule has 3 aromatic rings. The number of nitrogens with one attached hydrogen (secondary N) is 2. The van der Waals surface area contributed by atoms with Gasteiger partial charge >= 0.3 is 0 Å². The molecular formula is C14H11Cl2N5O. The molecule has 0 bridgehead atoms. The number of hydrogen-bond donors (Lipinski definition) is 2. The second kappa shape index (κ2) is 5.82. The maximum Gasteiger partial charge on any atom is 0.276 e. The molecule has 1 amide bonds. The molecule has 8 heteroatoms. The maximum atomic E-state index is 12.2. The standard InChI is InChI=1S/C14H11Cl2N5O/c1-8-4-13(14(22)19-9-6-17-18-7-9)20-21(8)10-2-3-11(15)12(16)5-10/h2-7H,1H3,(H,17,18)(H,19,22). The SMILES string of the molecule is Cc1cc(C(=O)Nc2cn[nH]c2)nn1-c1ccc(Cl)c(Cl)c1. The van der Waals surface area contributed by atoms with Crippen molar-refractivity contribution in [2.75, 3.05) is 5.32 Å². The van der Waals surface area contributed by atoms with Crippen LogP contribution in [0.25, 0.3) is 5.69 Å². The molecule has 22 heavy (non-hydrogen) atoms. The van der Waals surface area contributed by atoms with Crippen molar-refractivity contribution in [2.24, 2.45) is 0 Å². The second-order valence-corrected chi connectivity index (χ2v) is 5.44. The van der Waals surface area contributed by atoms with Gasteiger partial charge in [0.2, 0.25) is 0 Å². The Balaban J connectivity index is 1.90. The van der Waals surface area contributed by atoms with Crippen LogP contribution in [0, 0.1) is 6.92 Å². The summed E-state index contributed by atoms with van der Waals surface area (Å²) in [5.41, 5.74) is 2.40. The predicted molar refractivity (Wildman–Crippen MR) is 84.9 cm³/mol. The first-order chi connectivity index (χ1) is 10.5. The van der Waals surface area contributed by atoms with Gasteiger partial charge in [0.25, 0.3) is 5.91 Å². The van der Waals surface area contributed by atoms with Crippen LogP contribution in [-0.2, 0) is 0 Å². The van der Waals surface area contributed by atoms with Gasteiger partial charge in [0, 0.05) is 11.9 Å². The molecule has 0 aliphatic heterocycles. The Morgan fingerprint density at radius 3 is 2.77 bits per heavy atom. The van der Waals surface area contributed by atoms with Crippen molar-refractivity contribution in [1.82, 2.24) is 20.0 Å². The van der Waals surface area contributed by atoms with Gasteiger partial charge in [0.1, 0.15) is 0 Å². The topological polar surface area (TPSA) is 75.6 Å². The minimum absolute atomic E-state index is 0.296. The van der Waals surface area contributed by atoms with Crippen LogP contribution in [0.4, 0.5) is 5.69 Å². The van der Waals surface area contributed by atoms with Crippen LogP contribution >= 0.6 is 23.2 Å². The molecule has 6 nitrogen and oxygen atoms in total. The number of nitrogens with zero attached hydrogens (tertiary/aromatic N) is 3. The number of aryl methyl sites for hydroxylation is 1. The Morgan fingerprint density at radius 2 is 2.09 bits per heavy atom. The lowest BCUT2D eigenvalue weighted by Crippen LogP contribution is -2.12. The van der Waals surface area contributed by atoms with E-state index in [1.54, 1.807) is 35.1 Å². The lowest BCUT2D eigenvalue weighted by Gasteiger charge is -2.05. The summed E-state index contributed by atoms with van der Waals surface area (Å²) >= 11 is 11.9. The average molecular weight is 336 g/mol. The molecule has 2 heterocycles. The fraction of sp³-hybridized carbons (Fsp3) is 0.0714. The van der Waals surface area contributed by atoms with Crippen molar-refractivity contribution in [2.45, 2.75) is 6.92 Å². The van der Waals surface area contributed by atoms with E-state index in [9.17, 15) is 4.79 Å². The van der Waals surface area contributed by atoms with Crippen molar-refractivity contribution in [1.29, 1.82) is 0 Å². The summed E-state index contributed by atoms with van der Waals surface area (Å²) in [5.74, 6) is -0.316. The third-order valence-electron chi connectivity index (χ3n) is 3.02. The molecule has 0 spiro atoms. The highest BCUT2D eigenvalue weighted by Gasteiger charge is 2.14. The zero-order valence-corrected chi connectivity index (χ0v) is 13.0. The number of benzene rings is 1. The summed E-state index contributed by atoms with van der Waals surface area (Å²) in [6.45, 7) is 1.85. The van der Waals surface area contributed by atoms with E-state index in [4.69, 9.17) is 23.2 Å². The number of aromatic nitrogens is 4. The van der Waals surface area contributed by atoms with Crippen LogP contribution in [-0.4, -0.2) is 25.9 Å². The number of hydrogen-bond acceptors (Lipinski definition) is 3. The molecular weight excluding hydrogens is 325 g/mol. The molecule has 0 fully saturated rings. The average Bonchev–Trinajstić information content (AvgIpc) is 3.11. The van der Waals surface area contributed by atoms with E-state index in [1.807, 2.05) is 6.92 Å².